The minimum Gasteiger partial charge on any atom is -0.382 e. The molecule has 1 saturated heterocycles. The molecule has 0 saturated carbocycles. The average Bonchev–Trinajstić information content (AvgIpc) is 2.47. The SMILES string of the molecule is CCC1(C)CC(Nc2ccc(C#N)c(C#N)c2)CCO1. The van der Waals surface area contributed by atoms with Crippen molar-refractivity contribution in [1.82, 2.24) is 0 Å². The van der Waals surface area contributed by atoms with E-state index in [4.69, 9.17) is 15.3 Å². The zero-order valence-electron chi connectivity index (χ0n) is 11.9. The summed E-state index contributed by atoms with van der Waals surface area (Å²) in [4.78, 5) is 0. The van der Waals surface area contributed by atoms with Crippen LogP contribution < -0.4 is 5.32 Å². The monoisotopic (exact) mass is 269 g/mol. The van der Waals surface area contributed by atoms with E-state index in [1.807, 2.05) is 12.1 Å². The Morgan fingerprint density at radius 3 is 2.75 bits per heavy atom. The van der Waals surface area contributed by atoms with Crippen LogP contribution in [-0.4, -0.2) is 18.2 Å². The molecule has 1 heterocycles. The Morgan fingerprint density at radius 1 is 1.35 bits per heavy atom. The molecular formula is C16H19N3O. The Balaban J connectivity index is 2.11. The van der Waals surface area contributed by atoms with Crippen molar-refractivity contribution >= 4 is 5.69 Å². The number of nitriles is 2. The molecular weight excluding hydrogens is 250 g/mol. The predicted octanol–water partition coefficient (Wildman–Crippen LogP) is 3.19. The van der Waals surface area contributed by atoms with Crippen molar-refractivity contribution in [3.8, 4) is 12.1 Å². The van der Waals surface area contributed by atoms with E-state index in [-0.39, 0.29) is 5.60 Å². The molecule has 1 aromatic rings. The molecule has 104 valence electrons. The predicted molar refractivity (Wildman–Crippen MR) is 77.2 cm³/mol. The highest BCUT2D eigenvalue weighted by atomic mass is 16.5. The fourth-order valence-corrected chi connectivity index (χ4v) is 2.56. The molecule has 1 aliphatic heterocycles. The van der Waals surface area contributed by atoms with Gasteiger partial charge in [-0.05, 0) is 44.4 Å². The summed E-state index contributed by atoms with van der Waals surface area (Å²) in [5, 5.41) is 21.4. The van der Waals surface area contributed by atoms with Crippen molar-refractivity contribution < 1.29 is 4.74 Å². The van der Waals surface area contributed by atoms with Crippen LogP contribution >= 0.6 is 0 Å². The van der Waals surface area contributed by atoms with Crippen LogP contribution in [0.3, 0.4) is 0 Å². The van der Waals surface area contributed by atoms with E-state index in [9.17, 15) is 0 Å². The lowest BCUT2D eigenvalue weighted by Crippen LogP contribution is -2.41. The number of hydrogen-bond acceptors (Lipinski definition) is 4. The molecule has 1 N–H and O–H groups in total. The Kier molecular flexibility index (Phi) is 4.27. The van der Waals surface area contributed by atoms with E-state index in [0.29, 0.717) is 17.2 Å². The second-order valence-corrected chi connectivity index (χ2v) is 5.47. The maximum atomic E-state index is 9.05. The summed E-state index contributed by atoms with van der Waals surface area (Å²) in [6.07, 6.45) is 2.89. The van der Waals surface area contributed by atoms with Crippen molar-refractivity contribution in [3.63, 3.8) is 0 Å². The zero-order valence-corrected chi connectivity index (χ0v) is 11.9. The minimum absolute atomic E-state index is 0.0689. The van der Waals surface area contributed by atoms with Gasteiger partial charge in [-0.2, -0.15) is 10.5 Å². The largest absolute Gasteiger partial charge is 0.382 e. The molecule has 2 unspecified atom stereocenters. The molecule has 0 bridgehead atoms. The van der Waals surface area contributed by atoms with Gasteiger partial charge in [0.2, 0.25) is 0 Å². The van der Waals surface area contributed by atoms with E-state index in [2.05, 4.69) is 25.2 Å². The summed E-state index contributed by atoms with van der Waals surface area (Å²) in [7, 11) is 0. The number of nitrogens with one attached hydrogen (secondary N) is 1. The van der Waals surface area contributed by atoms with Gasteiger partial charge in [0.15, 0.2) is 0 Å². The first-order valence-corrected chi connectivity index (χ1v) is 6.95. The normalized spacial score (nSPS) is 25.5. The van der Waals surface area contributed by atoms with Gasteiger partial charge in [-0.3, -0.25) is 0 Å². The quantitative estimate of drug-likeness (QED) is 0.915. The van der Waals surface area contributed by atoms with Crippen molar-refractivity contribution in [2.45, 2.75) is 44.8 Å². The molecule has 0 radical (unpaired) electrons. The highest BCUT2D eigenvalue weighted by molar-refractivity contribution is 5.56. The standard InChI is InChI=1S/C16H19N3O/c1-3-16(2)9-15(6-7-20-16)19-14-5-4-12(10-17)13(8-14)11-18/h4-5,8,15,19H,3,6-7,9H2,1-2H3. The Hall–Kier alpha value is -2.04. The molecule has 4 heteroatoms. The van der Waals surface area contributed by atoms with E-state index in [1.165, 1.54) is 0 Å². The highest BCUT2D eigenvalue weighted by Crippen LogP contribution is 2.29. The van der Waals surface area contributed by atoms with Crippen molar-refractivity contribution in [2.24, 2.45) is 0 Å². The van der Waals surface area contributed by atoms with Crippen LogP contribution in [-0.2, 0) is 4.74 Å². The van der Waals surface area contributed by atoms with Crippen LogP contribution in [0.4, 0.5) is 5.69 Å². The van der Waals surface area contributed by atoms with E-state index >= 15 is 0 Å². The number of anilines is 1. The maximum absolute atomic E-state index is 9.05. The molecule has 0 aromatic heterocycles. The van der Waals surface area contributed by atoms with Crippen molar-refractivity contribution in [3.05, 3.63) is 29.3 Å². The maximum Gasteiger partial charge on any atom is 0.101 e. The smallest absolute Gasteiger partial charge is 0.101 e. The number of benzene rings is 1. The molecule has 0 spiro atoms. The molecule has 0 aliphatic carbocycles. The van der Waals surface area contributed by atoms with Crippen LogP contribution in [0.2, 0.25) is 0 Å². The first-order chi connectivity index (χ1) is 9.60. The van der Waals surface area contributed by atoms with E-state index in [1.54, 1.807) is 12.1 Å². The third kappa shape index (κ3) is 3.10. The summed E-state index contributed by atoms with van der Waals surface area (Å²) < 4.78 is 5.83. The lowest BCUT2D eigenvalue weighted by molar-refractivity contribution is -0.0708. The van der Waals surface area contributed by atoms with Gasteiger partial charge >= 0.3 is 0 Å². The van der Waals surface area contributed by atoms with Crippen LogP contribution in [0.15, 0.2) is 18.2 Å². The third-order valence-corrected chi connectivity index (χ3v) is 3.97. The molecule has 0 amide bonds. The molecule has 1 fully saturated rings. The second kappa shape index (κ2) is 5.94. The van der Waals surface area contributed by atoms with Crippen molar-refractivity contribution in [2.75, 3.05) is 11.9 Å². The van der Waals surface area contributed by atoms with Crippen LogP contribution in [0, 0.1) is 22.7 Å². The Morgan fingerprint density at radius 2 is 2.10 bits per heavy atom. The minimum atomic E-state index is -0.0689. The summed E-state index contributed by atoms with van der Waals surface area (Å²) in [6, 6.07) is 9.73. The molecule has 2 atom stereocenters. The average molecular weight is 269 g/mol. The Labute approximate surface area is 120 Å². The fraction of sp³-hybridized carbons (Fsp3) is 0.500. The number of hydrogen-bond donors (Lipinski definition) is 1. The van der Waals surface area contributed by atoms with Gasteiger partial charge < -0.3 is 10.1 Å². The van der Waals surface area contributed by atoms with Crippen LogP contribution in [0.1, 0.15) is 44.2 Å². The zero-order chi connectivity index (χ0) is 14.6. The topological polar surface area (TPSA) is 68.8 Å². The first-order valence-electron chi connectivity index (χ1n) is 6.95. The van der Waals surface area contributed by atoms with Gasteiger partial charge in [0.25, 0.3) is 0 Å². The summed E-state index contributed by atoms with van der Waals surface area (Å²) >= 11 is 0. The highest BCUT2D eigenvalue weighted by Gasteiger charge is 2.31. The fourth-order valence-electron chi connectivity index (χ4n) is 2.56. The molecule has 2 rings (SSSR count). The van der Waals surface area contributed by atoms with Crippen molar-refractivity contribution in [1.29, 1.82) is 10.5 Å². The van der Waals surface area contributed by atoms with Crippen LogP contribution in [0.25, 0.3) is 0 Å². The first kappa shape index (κ1) is 14.4. The number of ether oxygens (including phenoxy) is 1. The molecule has 1 aromatic carbocycles. The summed E-state index contributed by atoms with van der Waals surface area (Å²) in [5.74, 6) is 0. The molecule has 20 heavy (non-hydrogen) atoms. The Bertz CT molecular complexity index is 570. The van der Waals surface area contributed by atoms with Gasteiger partial charge in [0.1, 0.15) is 12.1 Å². The van der Waals surface area contributed by atoms with Gasteiger partial charge in [0, 0.05) is 18.3 Å². The second-order valence-electron chi connectivity index (χ2n) is 5.47. The van der Waals surface area contributed by atoms with Crippen LogP contribution in [0.5, 0.6) is 0 Å². The lowest BCUT2D eigenvalue weighted by atomic mass is 9.89. The van der Waals surface area contributed by atoms with Gasteiger partial charge in [0.05, 0.1) is 16.7 Å². The van der Waals surface area contributed by atoms with Gasteiger partial charge in [-0.1, -0.05) is 6.92 Å². The van der Waals surface area contributed by atoms with E-state index < -0.39 is 0 Å². The summed E-state index contributed by atoms with van der Waals surface area (Å²) in [6.45, 7) is 5.03. The lowest BCUT2D eigenvalue weighted by Gasteiger charge is -2.38. The van der Waals surface area contributed by atoms with E-state index in [0.717, 1.165) is 31.6 Å². The van der Waals surface area contributed by atoms with Gasteiger partial charge in [-0.15, -0.1) is 0 Å². The number of rotatable bonds is 3. The number of nitrogens with zero attached hydrogens (tertiary/aromatic N) is 2. The molecule has 4 nitrogen and oxygen atoms in total. The van der Waals surface area contributed by atoms with Gasteiger partial charge in [-0.25, -0.2) is 0 Å². The third-order valence-electron chi connectivity index (χ3n) is 3.97. The summed E-state index contributed by atoms with van der Waals surface area (Å²) in [5.41, 5.74) is 1.66. The molecule has 1 aliphatic rings.